The van der Waals surface area contributed by atoms with Gasteiger partial charge in [0.1, 0.15) is 5.01 Å². The number of carbonyl (C=O) groups is 1. The highest BCUT2D eigenvalue weighted by molar-refractivity contribution is 7.98. The topological polar surface area (TPSA) is 94.8 Å². The number of anilines is 1. The Morgan fingerprint density at radius 3 is 2.91 bits per heavy atom. The van der Waals surface area contributed by atoms with Gasteiger partial charge >= 0.3 is 0 Å². The fraction of sp³-hybridized carbons (Fsp3) is 0.250. The number of aryl methyl sites for hydroxylation is 1. The maximum Gasteiger partial charge on any atom is 0.275 e. The number of fused-ring (bicyclic) bond motifs is 2. The van der Waals surface area contributed by atoms with Gasteiger partial charge in [-0.25, -0.2) is 4.98 Å². The molecule has 0 atom stereocenters. The summed E-state index contributed by atoms with van der Waals surface area (Å²) >= 11 is 2.97. The van der Waals surface area contributed by atoms with Crippen LogP contribution in [0.2, 0.25) is 0 Å². The number of amides is 1. The van der Waals surface area contributed by atoms with Crippen molar-refractivity contribution in [3.05, 3.63) is 75.1 Å². The van der Waals surface area contributed by atoms with Gasteiger partial charge in [-0.15, -0.1) is 11.8 Å². The van der Waals surface area contributed by atoms with Crippen LogP contribution in [0.4, 0.5) is 5.69 Å². The van der Waals surface area contributed by atoms with Crippen molar-refractivity contribution in [3.8, 4) is 11.5 Å². The Balaban J connectivity index is 1.31. The summed E-state index contributed by atoms with van der Waals surface area (Å²) in [5.74, 6) is 1.44. The molecule has 0 saturated heterocycles. The van der Waals surface area contributed by atoms with Crippen LogP contribution < -0.4 is 20.3 Å². The number of aromatic nitrogens is 3. The van der Waals surface area contributed by atoms with Crippen LogP contribution >= 0.6 is 23.1 Å². The monoisotopic (exact) mass is 494 g/mol. The fourth-order valence-electron chi connectivity index (χ4n) is 3.48. The maximum atomic E-state index is 12.8. The highest BCUT2D eigenvalue weighted by Crippen LogP contribution is 2.34. The van der Waals surface area contributed by atoms with Crippen LogP contribution in [0.5, 0.6) is 11.5 Å². The minimum absolute atomic E-state index is 0.158. The molecule has 8 nitrogen and oxygen atoms in total. The van der Waals surface area contributed by atoms with E-state index in [0.717, 1.165) is 29.2 Å². The van der Waals surface area contributed by atoms with E-state index in [0.29, 0.717) is 39.2 Å². The largest absolute Gasteiger partial charge is 0.454 e. The minimum Gasteiger partial charge on any atom is -0.454 e. The van der Waals surface area contributed by atoms with E-state index in [1.165, 1.54) is 33.7 Å². The molecule has 5 rings (SSSR count). The number of carbonyl (C=O) groups excluding carboxylic acids is 1. The van der Waals surface area contributed by atoms with E-state index in [2.05, 4.69) is 22.3 Å². The maximum absolute atomic E-state index is 12.8. The van der Waals surface area contributed by atoms with Gasteiger partial charge in [0.15, 0.2) is 11.5 Å². The van der Waals surface area contributed by atoms with Crippen molar-refractivity contribution in [3.63, 3.8) is 0 Å². The van der Waals surface area contributed by atoms with Gasteiger partial charge in [0.25, 0.3) is 11.5 Å². The Bertz CT molecular complexity index is 1420. The summed E-state index contributed by atoms with van der Waals surface area (Å²) in [5.41, 5.74) is 1.67. The summed E-state index contributed by atoms with van der Waals surface area (Å²) in [6, 6.07) is 14.2. The standard InChI is InChI=1S/C24H22N4O4S2/c1-2-3-8-21-27-28-22(29)12-16(25-24(28)34-21)13-33-20-7-5-4-6-17(20)26-23(30)15-9-10-18-19(11-15)32-14-31-18/h4-7,9-12H,2-3,8,13-14H2,1H3,(H,26,30). The van der Waals surface area contributed by atoms with Crippen molar-refractivity contribution in [2.75, 3.05) is 12.1 Å². The van der Waals surface area contributed by atoms with Crippen molar-refractivity contribution < 1.29 is 14.3 Å². The van der Waals surface area contributed by atoms with Crippen molar-refractivity contribution in [1.82, 2.24) is 14.6 Å². The average molecular weight is 495 g/mol. The number of rotatable bonds is 8. The summed E-state index contributed by atoms with van der Waals surface area (Å²) in [6.45, 7) is 2.29. The second-order valence-corrected chi connectivity index (χ2v) is 9.74. The van der Waals surface area contributed by atoms with Crippen LogP contribution in [0.15, 0.2) is 58.2 Å². The van der Waals surface area contributed by atoms with E-state index >= 15 is 0 Å². The van der Waals surface area contributed by atoms with Crippen LogP contribution in [0.25, 0.3) is 4.96 Å². The lowest BCUT2D eigenvalue weighted by atomic mass is 10.2. The van der Waals surface area contributed by atoms with Gasteiger partial charge in [-0.05, 0) is 36.8 Å². The third-order valence-electron chi connectivity index (χ3n) is 5.23. The lowest BCUT2D eigenvalue weighted by Crippen LogP contribution is -2.15. The zero-order valence-electron chi connectivity index (χ0n) is 18.4. The number of thioether (sulfide) groups is 1. The molecule has 0 spiro atoms. The first-order valence-corrected chi connectivity index (χ1v) is 12.7. The van der Waals surface area contributed by atoms with Crippen LogP contribution in [-0.4, -0.2) is 27.3 Å². The number of unbranched alkanes of at least 4 members (excludes halogenated alkanes) is 1. The van der Waals surface area contributed by atoms with E-state index in [-0.39, 0.29) is 18.3 Å². The van der Waals surface area contributed by atoms with Crippen molar-refractivity contribution in [2.24, 2.45) is 0 Å². The molecule has 1 aliphatic heterocycles. The molecule has 34 heavy (non-hydrogen) atoms. The van der Waals surface area contributed by atoms with E-state index in [9.17, 15) is 9.59 Å². The smallest absolute Gasteiger partial charge is 0.275 e. The van der Waals surface area contributed by atoms with Gasteiger partial charge in [0.05, 0.1) is 11.4 Å². The molecule has 2 aromatic carbocycles. The Morgan fingerprint density at radius 2 is 2.03 bits per heavy atom. The molecule has 0 bridgehead atoms. The van der Waals surface area contributed by atoms with Crippen molar-refractivity contribution in [2.45, 2.75) is 36.8 Å². The highest BCUT2D eigenvalue weighted by Gasteiger charge is 2.17. The fourth-order valence-corrected chi connectivity index (χ4v) is 5.34. The third-order valence-corrected chi connectivity index (χ3v) is 7.30. The van der Waals surface area contributed by atoms with Gasteiger partial charge in [-0.2, -0.15) is 9.61 Å². The quantitative estimate of drug-likeness (QED) is 0.353. The van der Waals surface area contributed by atoms with Crippen LogP contribution in [-0.2, 0) is 12.2 Å². The Hall–Kier alpha value is -3.37. The molecule has 10 heteroatoms. The molecule has 1 N–H and O–H groups in total. The van der Waals surface area contributed by atoms with E-state index in [1.54, 1.807) is 18.2 Å². The molecule has 4 aromatic rings. The van der Waals surface area contributed by atoms with E-state index in [1.807, 2.05) is 24.3 Å². The number of benzene rings is 2. The van der Waals surface area contributed by atoms with Gasteiger partial charge in [-0.1, -0.05) is 36.8 Å². The van der Waals surface area contributed by atoms with Gasteiger partial charge < -0.3 is 14.8 Å². The number of hydrogen-bond acceptors (Lipinski definition) is 8. The number of nitrogens with one attached hydrogen (secondary N) is 1. The molecule has 0 unspecified atom stereocenters. The molecular weight excluding hydrogens is 472 g/mol. The van der Waals surface area contributed by atoms with Crippen LogP contribution in [0.3, 0.4) is 0 Å². The molecule has 0 radical (unpaired) electrons. The first-order valence-electron chi connectivity index (χ1n) is 10.9. The Morgan fingerprint density at radius 1 is 1.18 bits per heavy atom. The number of nitrogens with zero attached hydrogens (tertiary/aromatic N) is 3. The zero-order valence-corrected chi connectivity index (χ0v) is 20.1. The molecule has 1 amide bonds. The summed E-state index contributed by atoms with van der Waals surface area (Å²) in [7, 11) is 0. The lowest BCUT2D eigenvalue weighted by Gasteiger charge is -2.11. The summed E-state index contributed by atoms with van der Waals surface area (Å²) in [4.78, 5) is 31.5. The summed E-state index contributed by atoms with van der Waals surface area (Å²) < 4.78 is 12.1. The second-order valence-electron chi connectivity index (χ2n) is 7.69. The highest BCUT2D eigenvalue weighted by atomic mass is 32.2. The number of para-hydroxylation sites is 1. The summed E-state index contributed by atoms with van der Waals surface area (Å²) in [6.07, 6.45) is 2.96. The van der Waals surface area contributed by atoms with Crippen LogP contribution in [0, 0.1) is 0 Å². The normalized spacial score (nSPS) is 12.3. The van der Waals surface area contributed by atoms with E-state index in [4.69, 9.17) is 9.47 Å². The Kier molecular flexibility index (Phi) is 6.50. The second kappa shape index (κ2) is 9.86. The zero-order chi connectivity index (χ0) is 23.5. The minimum atomic E-state index is -0.242. The number of hydrogen-bond donors (Lipinski definition) is 1. The predicted octanol–water partition coefficient (Wildman–Crippen LogP) is 4.77. The first-order chi connectivity index (χ1) is 16.6. The molecular formula is C24H22N4O4S2. The first kappa shape index (κ1) is 22.4. The third kappa shape index (κ3) is 4.78. The molecule has 2 aromatic heterocycles. The van der Waals surface area contributed by atoms with E-state index < -0.39 is 0 Å². The van der Waals surface area contributed by atoms with Gasteiger partial charge in [0, 0.05) is 28.7 Å². The molecule has 1 aliphatic rings. The molecule has 0 saturated carbocycles. The molecule has 0 fully saturated rings. The molecule has 0 aliphatic carbocycles. The number of ether oxygens (including phenoxy) is 2. The van der Waals surface area contributed by atoms with Crippen LogP contribution in [0.1, 0.15) is 40.8 Å². The van der Waals surface area contributed by atoms with Gasteiger partial charge in [0.2, 0.25) is 11.8 Å². The predicted molar refractivity (Wildman–Crippen MR) is 132 cm³/mol. The SMILES string of the molecule is CCCCc1nn2c(=O)cc(CSc3ccccc3NC(=O)c3ccc4c(c3)OCO4)nc2s1. The summed E-state index contributed by atoms with van der Waals surface area (Å²) in [5, 5.41) is 8.29. The van der Waals surface area contributed by atoms with Gasteiger partial charge in [-0.3, -0.25) is 9.59 Å². The van der Waals surface area contributed by atoms with Crippen molar-refractivity contribution in [1.29, 1.82) is 0 Å². The lowest BCUT2D eigenvalue weighted by molar-refractivity contribution is 0.102. The molecule has 3 heterocycles. The van der Waals surface area contributed by atoms with Crippen molar-refractivity contribution >= 4 is 39.7 Å². The average Bonchev–Trinajstić information content (AvgIpc) is 3.48. The Labute approximate surface area is 203 Å². The molecule has 174 valence electrons.